The van der Waals surface area contributed by atoms with E-state index in [1.54, 1.807) is 11.3 Å². The zero-order valence-electron chi connectivity index (χ0n) is 12.9. The van der Waals surface area contributed by atoms with E-state index in [0.29, 0.717) is 0 Å². The molecule has 0 fully saturated rings. The monoisotopic (exact) mass is 288 g/mol. The van der Waals surface area contributed by atoms with E-state index in [0.717, 1.165) is 23.7 Å². The summed E-state index contributed by atoms with van der Waals surface area (Å²) in [6.45, 7) is 9.53. The number of hydrogen-bond donors (Lipinski definition) is 1. The maximum absolute atomic E-state index is 4.58. The summed E-state index contributed by atoms with van der Waals surface area (Å²) in [6, 6.07) is 9.23. The number of benzene rings is 1. The number of rotatable bonds is 6. The van der Waals surface area contributed by atoms with Crippen LogP contribution in [0.3, 0.4) is 0 Å². The lowest BCUT2D eigenvalue weighted by molar-refractivity contribution is 0.634. The van der Waals surface area contributed by atoms with E-state index in [-0.39, 0.29) is 6.04 Å². The molecule has 0 aliphatic carbocycles. The van der Waals surface area contributed by atoms with Crippen molar-refractivity contribution in [2.75, 3.05) is 6.54 Å². The summed E-state index contributed by atoms with van der Waals surface area (Å²) in [5.41, 5.74) is 3.93. The van der Waals surface area contributed by atoms with E-state index in [9.17, 15) is 0 Å². The van der Waals surface area contributed by atoms with Crippen LogP contribution in [0.5, 0.6) is 0 Å². The molecule has 0 radical (unpaired) electrons. The Kier molecular flexibility index (Phi) is 5.32. The van der Waals surface area contributed by atoms with Crippen molar-refractivity contribution >= 4 is 11.3 Å². The van der Waals surface area contributed by atoms with E-state index in [1.807, 2.05) is 0 Å². The van der Waals surface area contributed by atoms with Crippen molar-refractivity contribution in [3.63, 3.8) is 0 Å². The third-order valence-corrected chi connectivity index (χ3v) is 4.57. The van der Waals surface area contributed by atoms with Gasteiger partial charge in [-0.15, -0.1) is 11.3 Å². The predicted octanol–water partition coefficient (Wildman–Crippen LogP) is 4.41. The van der Waals surface area contributed by atoms with Crippen LogP contribution in [0.15, 0.2) is 24.3 Å². The van der Waals surface area contributed by atoms with Crippen molar-refractivity contribution < 1.29 is 0 Å². The molecule has 2 rings (SSSR count). The summed E-state index contributed by atoms with van der Waals surface area (Å²) in [5.74, 6) is 0. The third kappa shape index (κ3) is 3.47. The number of thiazole rings is 1. The van der Waals surface area contributed by atoms with E-state index in [4.69, 9.17) is 0 Å². The van der Waals surface area contributed by atoms with Crippen molar-refractivity contribution in [1.82, 2.24) is 10.3 Å². The Hall–Kier alpha value is -1.19. The number of nitrogens with zero attached hydrogens (tertiary/aromatic N) is 1. The fraction of sp³-hybridized carbons (Fsp3) is 0.471. The maximum Gasteiger partial charge on any atom is 0.0900 e. The molecule has 0 amide bonds. The highest BCUT2D eigenvalue weighted by Crippen LogP contribution is 2.30. The second kappa shape index (κ2) is 7.00. The van der Waals surface area contributed by atoms with Crippen molar-refractivity contribution in [1.29, 1.82) is 0 Å². The van der Waals surface area contributed by atoms with Gasteiger partial charge in [0.2, 0.25) is 0 Å². The van der Waals surface area contributed by atoms with Crippen molar-refractivity contribution in [2.45, 2.75) is 46.6 Å². The molecule has 0 spiro atoms. The van der Waals surface area contributed by atoms with Crippen LogP contribution < -0.4 is 5.32 Å². The summed E-state index contributed by atoms with van der Waals surface area (Å²) < 4.78 is 0. The zero-order valence-corrected chi connectivity index (χ0v) is 13.7. The minimum Gasteiger partial charge on any atom is -0.306 e. The topological polar surface area (TPSA) is 24.9 Å². The summed E-state index contributed by atoms with van der Waals surface area (Å²) in [5, 5.41) is 4.75. The van der Waals surface area contributed by atoms with E-state index in [2.05, 4.69) is 62.3 Å². The van der Waals surface area contributed by atoms with Crippen LogP contribution >= 0.6 is 11.3 Å². The maximum atomic E-state index is 4.58. The largest absolute Gasteiger partial charge is 0.306 e. The summed E-state index contributed by atoms with van der Waals surface area (Å²) in [6.07, 6.45) is 2.33. The van der Waals surface area contributed by atoms with Gasteiger partial charge in [0.1, 0.15) is 0 Å². The normalized spacial score (nSPS) is 12.6. The first-order valence-electron chi connectivity index (χ1n) is 7.41. The Morgan fingerprint density at radius 2 is 2.05 bits per heavy atom. The Morgan fingerprint density at radius 1 is 1.25 bits per heavy atom. The molecule has 1 N–H and O–H groups in total. The molecular formula is C17H24N2S. The summed E-state index contributed by atoms with van der Waals surface area (Å²) in [4.78, 5) is 5.92. The highest BCUT2D eigenvalue weighted by Gasteiger charge is 2.18. The molecule has 3 heteroatoms. The molecule has 1 atom stereocenters. The van der Waals surface area contributed by atoms with Gasteiger partial charge in [-0.2, -0.15) is 0 Å². The number of aryl methyl sites for hydroxylation is 3. The second-order valence-electron chi connectivity index (χ2n) is 5.17. The molecule has 0 saturated carbocycles. The van der Waals surface area contributed by atoms with Crippen LogP contribution in [-0.4, -0.2) is 11.5 Å². The van der Waals surface area contributed by atoms with Crippen molar-refractivity contribution in [3.05, 3.63) is 51.0 Å². The highest BCUT2D eigenvalue weighted by molar-refractivity contribution is 7.11. The minimum absolute atomic E-state index is 0.267. The quantitative estimate of drug-likeness (QED) is 0.851. The first kappa shape index (κ1) is 15.2. The van der Waals surface area contributed by atoms with Crippen LogP contribution in [0.1, 0.15) is 53.0 Å². The molecule has 20 heavy (non-hydrogen) atoms. The molecule has 2 aromatic rings. The molecule has 1 unspecified atom stereocenters. The fourth-order valence-corrected chi connectivity index (χ4v) is 3.63. The molecule has 2 nitrogen and oxygen atoms in total. The Bertz CT molecular complexity index is 560. The lowest BCUT2D eigenvalue weighted by Gasteiger charge is -2.18. The van der Waals surface area contributed by atoms with Crippen LogP contribution in [-0.2, 0) is 6.42 Å². The van der Waals surface area contributed by atoms with Gasteiger partial charge in [0, 0.05) is 4.88 Å². The van der Waals surface area contributed by atoms with Crippen LogP contribution in [0.2, 0.25) is 0 Å². The van der Waals surface area contributed by atoms with E-state index in [1.165, 1.54) is 22.4 Å². The van der Waals surface area contributed by atoms with Gasteiger partial charge in [0.05, 0.1) is 16.7 Å². The van der Waals surface area contributed by atoms with Gasteiger partial charge >= 0.3 is 0 Å². The molecule has 0 aliphatic rings. The second-order valence-corrected chi connectivity index (χ2v) is 6.40. The molecule has 0 bridgehead atoms. The fourth-order valence-electron chi connectivity index (χ4n) is 2.60. The van der Waals surface area contributed by atoms with Gasteiger partial charge in [-0.05, 0) is 37.9 Å². The van der Waals surface area contributed by atoms with Crippen molar-refractivity contribution in [2.24, 2.45) is 0 Å². The SMILES string of the molecule is CCCc1cccc(C(NCC)c2sc(C)nc2C)c1. The smallest absolute Gasteiger partial charge is 0.0900 e. The first-order valence-corrected chi connectivity index (χ1v) is 8.23. The van der Waals surface area contributed by atoms with E-state index < -0.39 is 0 Å². The Morgan fingerprint density at radius 3 is 2.65 bits per heavy atom. The van der Waals surface area contributed by atoms with Crippen LogP contribution in [0.4, 0.5) is 0 Å². The molecule has 108 valence electrons. The van der Waals surface area contributed by atoms with Crippen molar-refractivity contribution in [3.8, 4) is 0 Å². The van der Waals surface area contributed by atoms with Gasteiger partial charge in [-0.25, -0.2) is 4.98 Å². The van der Waals surface area contributed by atoms with Gasteiger partial charge < -0.3 is 5.32 Å². The lowest BCUT2D eigenvalue weighted by Crippen LogP contribution is -2.22. The predicted molar refractivity (Wildman–Crippen MR) is 87.5 cm³/mol. The Balaban J connectivity index is 2.37. The Labute approximate surface area is 126 Å². The molecule has 0 aliphatic heterocycles. The number of aromatic nitrogens is 1. The number of hydrogen-bond acceptors (Lipinski definition) is 3. The highest BCUT2D eigenvalue weighted by atomic mass is 32.1. The standard InChI is InChI=1S/C17H24N2S/c1-5-8-14-9-7-10-15(11-14)16(18-6-2)17-12(3)19-13(4)20-17/h7,9-11,16,18H,5-6,8H2,1-4H3. The van der Waals surface area contributed by atoms with E-state index >= 15 is 0 Å². The summed E-state index contributed by atoms with van der Waals surface area (Å²) in [7, 11) is 0. The first-order chi connectivity index (χ1) is 9.65. The van der Waals surface area contributed by atoms with Gasteiger partial charge in [0.15, 0.2) is 0 Å². The van der Waals surface area contributed by atoms with Crippen LogP contribution in [0, 0.1) is 13.8 Å². The van der Waals surface area contributed by atoms with Gasteiger partial charge in [0.25, 0.3) is 0 Å². The average Bonchev–Trinajstić information content (AvgIpc) is 2.75. The molecule has 1 aromatic carbocycles. The minimum atomic E-state index is 0.267. The molecule has 1 heterocycles. The number of nitrogens with one attached hydrogen (secondary N) is 1. The molecule has 0 saturated heterocycles. The summed E-state index contributed by atoms with van der Waals surface area (Å²) >= 11 is 1.80. The van der Waals surface area contributed by atoms with Gasteiger partial charge in [-0.1, -0.05) is 44.5 Å². The van der Waals surface area contributed by atoms with Crippen LogP contribution in [0.25, 0.3) is 0 Å². The zero-order chi connectivity index (χ0) is 14.5. The molecule has 1 aromatic heterocycles. The molecular weight excluding hydrogens is 264 g/mol. The lowest BCUT2D eigenvalue weighted by atomic mass is 10.00. The third-order valence-electron chi connectivity index (χ3n) is 3.43. The van der Waals surface area contributed by atoms with Gasteiger partial charge in [-0.3, -0.25) is 0 Å². The average molecular weight is 288 g/mol.